The summed E-state index contributed by atoms with van der Waals surface area (Å²) in [5.74, 6) is 0.0598. The molecule has 0 aliphatic carbocycles. The number of aromatic nitrogens is 1. The molecule has 0 aliphatic heterocycles. The van der Waals surface area contributed by atoms with Gasteiger partial charge >= 0.3 is 0 Å². The summed E-state index contributed by atoms with van der Waals surface area (Å²) in [6.45, 7) is 1.95. The highest BCUT2D eigenvalue weighted by molar-refractivity contribution is 6.17. The fourth-order valence-corrected chi connectivity index (χ4v) is 3.16. The van der Waals surface area contributed by atoms with Crippen molar-refractivity contribution in [3.8, 4) is 11.1 Å². The van der Waals surface area contributed by atoms with Crippen molar-refractivity contribution in [2.45, 2.75) is 6.92 Å². The maximum absolute atomic E-state index is 13.0. The Kier molecular flexibility index (Phi) is 3.51. The topological polar surface area (TPSA) is 32.9 Å². The number of benzene rings is 3. The first-order valence-electron chi connectivity index (χ1n) is 8.01. The van der Waals surface area contributed by atoms with Crippen LogP contribution >= 0.6 is 0 Å². The monoisotopic (exact) mass is 311 g/mol. The third-order valence-corrected chi connectivity index (χ3v) is 4.37. The molecule has 0 saturated heterocycles. The average Bonchev–Trinajstić information content (AvgIpc) is 2.98. The Hall–Kier alpha value is -3.13. The number of aromatic amines is 1. The van der Waals surface area contributed by atoms with Gasteiger partial charge in [0.2, 0.25) is 0 Å². The number of rotatable bonds is 3. The van der Waals surface area contributed by atoms with E-state index in [0.29, 0.717) is 5.56 Å². The summed E-state index contributed by atoms with van der Waals surface area (Å²) in [5, 5.41) is 0.979. The number of nitrogens with one attached hydrogen (secondary N) is 1. The predicted octanol–water partition coefficient (Wildman–Crippen LogP) is 5.37. The second-order valence-electron chi connectivity index (χ2n) is 5.94. The number of ketones is 1. The van der Waals surface area contributed by atoms with Crippen molar-refractivity contribution in [1.29, 1.82) is 0 Å². The van der Waals surface area contributed by atoms with E-state index < -0.39 is 0 Å². The largest absolute Gasteiger partial charge is 0.358 e. The van der Waals surface area contributed by atoms with Gasteiger partial charge < -0.3 is 4.98 Å². The fourth-order valence-electron chi connectivity index (χ4n) is 3.16. The fraction of sp³-hybridized carbons (Fsp3) is 0.0455. The minimum atomic E-state index is 0.0598. The molecular weight excluding hydrogens is 294 g/mol. The Morgan fingerprint density at radius 1 is 0.750 bits per heavy atom. The van der Waals surface area contributed by atoms with Gasteiger partial charge in [0.05, 0.1) is 5.56 Å². The smallest absolute Gasteiger partial charge is 0.195 e. The lowest BCUT2D eigenvalue weighted by Crippen LogP contribution is -2.02. The van der Waals surface area contributed by atoms with Crippen molar-refractivity contribution in [3.05, 3.63) is 95.7 Å². The van der Waals surface area contributed by atoms with E-state index in [9.17, 15) is 4.79 Å². The molecule has 0 atom stereocenters. The molecule has 0 saturated carbocycles. The van der Waals surface area contributed by atoms with E-state index in [-0.39, 0.29) is 5.78 Å². The van der Waals surface area contributed by atoms with Gasteiger partial charge in [0, 0.05) is 22.2 Å². The SMILES string of the molecule is Cc1[nH]c2ccccc2c1C(=O)c1ccc(-c2ccccc2)cc1. The van der Waals surface area contributed by atoms with E-state index in [4.69, 9.17) is 0 Å². The van der Waals surface area contributed by atoms with Crippen molar-refractivity contribution in [2.24, 2.45) is 0 Å². The zero-order valence-electron chi connectivity index (χ0n) is 13.4. The average molecular weight is 311 g/mol. The lowest BCUT2D eigenvalue weighted by molar-refractivity contribution is 0.104. The zero-order chi connectivity index (χ0) is 16.5. The summed E-state index contributed by atoms with van der Waals surface area (Å²) in [6.07, 6.45) is 0. The normalized spacial score (nSPS) is 10.9. The first kappa shape index (κ1) is 14.5. The standard InChI is InChI=1S/C22H17NO/c1-15-21(19-9-5-6-10-20(19)23-15)22(24)18-13-11-17(12-14-18)16-7-3-2-4-8-16/h2-14,23H,1H3. The molecule has 116 valence electrons. The second kappa shape index (κ2) is 5.82. The third-order valence-electron chi connectivity index (χ3n) is 4.37. The predicted molar refractivity (Wildman–Crippen MR) is 98.3 cm³/mol. The summed E-state index contributed by atoms with van der Waals surface area (Å²) in [7, 11) is 0. The first-order valence-corrected chi connectivity index (χ1v) is 8.01. The van der Waals surface area contributed by atoms with Gasteiger partial charge in [-0.1, -0.05) is 72.8 Å². The molecule has 0 spiro atoms. The van der Waals surface area contributed by atoms with Crippen molar-refractivity contribution in [2.75, 3.05) is 0 Å². The first-order chi connectivity index (χ1) is 11.7. The van der Waals surface area contributed by atoms with Crippen LogP contribution in [0.1, 0.15) is 21.6 Å². The molecule has 4 rings (SSSR count). The molecule has 0 amide bonds. The molecule has 24 heavy (non-hydrogen) atoms. The van der Waals surface area contributed by atoms with Gasteiger partial charge in [0.1, 0.15) is 0 Å². The highest BCUT2D eigenvalue weighted by atomic mass is 16.1. The van der Waals surface area contributed by atoms with Crippen LogP contribution in [0.4, 0.5) is 0 Å². The molecule has 2 heteroatoms. The highest BCUT2D eigenvalue weighted by Crippen LogP contribution is 2.26. The van der Waals surface area contributed by atoms with Gasteiger partial charge in [-0.25, -0.2) is 0 Å². The van der Waals surface area contributed by atoms with Gasteiger partial charge in [0.25, 0.3) is 0 Å². The molecule has 3 aromatic carbocycles. The van der Waals surface area contributed by atoms with Gasteiger partial charge in [-0.2, -0.15) is 0 Å². The van der Waals surface area contributed by atoms with Crippen molar-refractivity contribution in [1.82, 2.24) is 4.98 Å². The Bertz CT molecular complexity index is 1010. The molecule has 1 aromatic heterocycles. The number of carbonyl (C=O) groups excluding carboxylic acids is 1. The number of hydrogen-bond acceptors (Lipinski definition) is 1. The van der Waals surface area contributed by atoms with Crippen LogP contribution in [0.3, 0.4) is 0 Å². The van der Waals surface area contributed by atoms with Crippen LogP contribution in [0, 0.1) is 6.92 Å². The zero-order valence-corrected chi connectivity index (χ0v) is 13.4. The summed E-state index contributed by atoms with van der Waals surface area (Å²) in [4.78, 5) is 16.3. The van der Waals surface area contributed by atoms with Crippen molar-refractivity contribution in [3.63, 3.8) is 0 Å². The second-order valence-corrected chi connectivity index (χ2v) is 5.94. The van der Waals surface area contributed by atoms with Gasteiger partial charge in [-0.15, -0.1) is 0 Å². The molecule has 0 fully saturated rings. The van der Waals surface area contributed by atoms with Crippen LogP contribution in [0.5, 0.6) is 0 Å². The number of fused-ring (bicyclic) bond motifs is 1. The van der Waals surface area contributed by atoms with Crippen molar-refractivity contribution >= 4 is 16.7 Å². The third kappa shape index (κ3) is 2.42. The molecule has 0 radical (unpaired) electrons. The summed E-state index contributed by atoms with van der Waals surface area (Å²) < 4.78 is 0. The van der Waals surface area contributed by atoms with Crippen LogP contribution in [0.15, 0.2) is 78.9 Å². The van der Waals surface area contributed by atoms with Crippen LogP contribution < -0.4 is 0 Å². The quantitative estimate of drug-likeness (QED) is 0.507. The summed E-state index contributed by atoms with van der Waals surface area (Å²) in [5.41, 5.74) is 5.65. The summed E-state index contributed by atoms with van der Waals surface area (Å²) >= 11 is 0. The van der Waals surface area contributed by atoms with E-state index >= 15 is 0 Å². The summed E-state index contributed by atoms with van der Waals surface area (Å²) in [6, 6.07) is 25.9. The van der Waals surface area contributed by atoms with Crippen molar-refractivity contribution < 1.29 is 4.79 Å². The molecule has 0 bridgehead atoms. The minimum absolute atomic E-state index is 0.0598. The van der Waals surface area contributed by atoms with Gasteiger partial charge in [-0.05, 0) is 24.1 Å². The molecule has 2 nitrogen and oxygen atoms in total. The van der Waals surface area contributed by atoms with Gasteiger partial charge in [-0.3, -0.25) is 4.79 Å². The number of aryl methyl sites for hydroxylation is 1. The Morgan fingerprint density at radius 3 is 2.12 bits per heavy atom. The van der Waals surface area contributed by atoms with Crippen LogP contribution in [0.2, 0.25) is 0 Å². The Balaban J connectivity index is 1.73. The van der Waals surface area contributed by atoms with Crippen LogP contribution in [-0.2, 0) is 0 Å². The number of carbonyl (C=O) groups is 1. The molecule has 0 unspecified atom stereocenters. The van der Waals surface area contributed by atoms with Gasteiger partial charge in [0.15, 0.2) is 5.78 Å². The molecular formula is C22H17NO. The Morgan fingerprint density at radius 2 is 1.38 bits per heavy atom. The molecule has 0 aliphatic rings. The highest BCUT2D eigenvalue weighted by Gasteiger charge is 2.17. The maximum Gasteiger partial charge on any atom is 0.195 e. The van der Waals surface area contributed by atoms with E-state index in [0.717, 1.165) is 33.3 Å². The van der Waals surface area contributed by atoms with E-state index in [2.05, 4.69) is 17.1 Å². The number of hydrogen-bond donors (Lipinski definition) is 1. The maximum atomic E-state index is 13.0. The molecule has 4 aromatic rings. The minimum Gasteiger partial charge on any atom is -0.358 e. The number of H-pyrrole nitrogens is 1. The number of para-hydroxylation sites is 1. The lowest BCUT2D eigenvalue weighted by atomic mass is 9.98. The van der Waals surface area contributed by atoms with E-state index in [1.54, 1.807) is 0 Å². The molecule has 1 N–H and O–H groups in total. The van der Waals surface area contributed by atoms with Crippen LogP contribution in [0.25, 0.3) is 22.0 Å². The lowest BCUT2D eigenvalue weighted by Gasteiger charge is -2.05. The Labute approximate surface area is 140 Å². The van der Waals surface area contributed by atoms with E-state index in [1.165, 1.54) is 0 Å². The van der Waals surface area contributed by atoms with Crippen LogP contribution in [-0.4, -0.2) is 10.8 Å². The molecule has 1 heterocycles. The van der Waals surface area contributed by atoms with E-state index in [1.807, 2.05) is 73.7 Å².